The molecular weight excluding hydrogens is 234 g/mol. The van der Waals surface area contributed by atoms with Gasteiger partial charge in [-0.15, -0.1) is 0 Å². The Kier molecular flexibility index (Phi) is 4.20. The Morgan fingerprint density at radius 3 is 2.53 bits per heavy atom. The summed E-state index contributed by atoms with van der Waals surface area (Å²) in [6.07, 6.45) is 2.04. The van der Waals surface area contributed by atoms with Crippen LogP contribution < -0.4 is 0 Å². The van der Waals surface area contributed by atoms with Gasteiger partial charge in [0.25, 0.3) is 0 Å². The molecule has 0 bridgehead atoms. The quantitative estimate of drug-likeness (QED) is 0.827. The Labute approximate surface area is 114 Å². The predicted octanol–water partition coefficient (Wildman–Crippen LogP) is 4.21. The lowest BCUT2D eigenvalue weighted by Crippen LogP contribution is -1.89. The first-order valence-electron chi connectivity index (χ1n) is 6.47. The predicted molar refractivity (Wildman–Crippen MR) is 76.8 cm³/mol. The summed E-state index contributed by atoms with van der Waals surface area (Å²) in [5.41, 5.74) is 3.99. The summed E-state index contributed by atoms with van der Waals surface area (Å²) in [7, 11) is 0. The Balaban J connectivity index is 2.29. The lowest BCUT2D eigenvalue weighted by Gasteiger charge is -2.09. The van der Waals surface area contributed by atoms with E-state index in [2.05, 4.69) is 6.07 Å². The molecule has 0 radical (unpaired) electrons. The molecule has 0 unspecified atom stereocenters. The van der Waals surface area contributed by atoms with Crippen molar-refractivity contribution >= 4 is 0 Å². The van der Waals surface area contributed by atoms with Gasteiger partial charge in [-0.3, -0.25) is 0 Å². The highest BCUT2D eigenvalue weighted by molar-refractivity contribution is 5.71. The zero-order valence-corrected chi connectivity index (χ0v) is 11.1. The average molecular weight is 251 g/mol. The van der Waals surface area contributed by atoms with Gasteiger partial charge < -0.3 is 5.11 Å². The molecule has 0 aromatic heterocycles. The number of aryl methyl sites for hydroxylation is 2. The molecule has 0 fully saturated rings. The van der Waals surface area contributed by atoms with Crippen LogP contribution in [-0.2, 0) is 6.42 Å². The Bertz CT molecular complexity index is 594. The minimum absolute atomic E-state index is 0.337. The fourth-order valence-electron chi connectivity index (χ4n) is 2.12. The van der Waals surface area contributed by atoms with Crippen molar-refractivity contribution in [3.63, 3.8) is 0 Å². The van der Waals surface area contributed by atoms with Gasteiger partial charge >= 0.3 is 0 Å². The van der Waals surface area contributed by atoms with E-state index in [1.165, 1.54) is 5.56 Å². The number of phenols is 1. The van der Waals surface area contributed by atoms with Crippen LogP contribution in [0.5, 0.6) is 5.75 Å². The number of hydrogen-bond acceptors (Lipinski definition) is 2. The molecule has 2 aromatic carbocycles. The number of phenolic OH excluding ortho intramolecular Hbond substituents is 1. The van der Waals surface area contributed by atoms with E-state index in [1.807, 2.05) is 49.4 Å². The maximum absolute atomic E-state index is 10.3. The lowest BCUT2D eigenvalue weighted by atomic mass is 9.98. The van der Waals surface area contributed by atoms with Crippen molar-refractivity contribution in [2.75, 3.05) is 0 Å². The van der Waals surface area contributed by atoms with Crippen molar-refractivity contribution in [3.8, 4) is 22.9 Å². The zero-order valence-electron chi connectivity index (χ0n) is 11.1. The van der Waals surface area contributed by atoms with Crippen molar-refractivity contribution in [2.45, 2.75) is 26.2 Å². The van der Waals surface area contributed by atoms with Gasteiger partial charge in [-0.2, -0.15) is 5.26 Å². The van der Waals surface area contributed by atoms with E-state index in [0.29, 0.717) is 12.2 Å². The van der Waals surface area contributed by atoms with Crippen LogP contribution in [-0.4, -0.2) is 5.11 Å². The smallest absolute Gasteiger partial charge is 0.126 e. The largest absolute Gasteiger partial charge is 0.507 e. The maximum atomic E-state index is 10.3. The first-order chi connectivity index (χ1) is 9.22. The summed E-state index contributed by atoms with van der Waals surface area (Å²) in [4.78, 5) is 0. The monoisotopic (exact) mass is 251 g/mol. The summed E-state index contributed by atoms with van der Waals surface area (Å²) in [5.74, 6) is 0.337. The van der Waals surface area contributed by atoms with E-state index in [4.69, 9.17) is 5.26 Å². The van der Waals surface area contributed by atoms with Gasteiger partial charge in [0.2, 0.25) is 0 Å². The van der Waals surface area contributed by atoms with Crippen LogP contribution in [0.2, 0.25) is 0 Å². The SMILES string of the molecule is Cc1ccc(-c2cccc(CCCC#N)c2O)cc1. The molecular formula is C17H17NO. The summed E-state index contributed by atoms with van der Waals surface area (Å²) >= 11 is 0. The number of nitriles is 1. The van der Waals surface area contributed by atoms with Gasteiger partial charge in [0.05, 0.1) is 6.07 Å². The fourth-order valence-corrected chi connectivity index (χ4v) is 2.12. The molecule has 19 heavy (non-hydrogen) atoms. The molecule has 0 aliphatic heterocycles. The summed E-state index contributed by atoms with van der Waals surface area (Å²) in [6, 6.07) is 16.0. The van der Waals surface area contributed by atoms with E-state index in [1.54, 1.807) is 0 Å². The number of benzene rings is 2. The van der Waals surface area contributed by atoms with Crippen LogP contribution in [0.15, 0.2) is 42.5 Å². The number of rotatable bonds is 4. The van der Waals surface area contributed by atoms with Gasteiger partial charge in [0, 0.05) is 12.0 Å². The number of nitrogens with zero attached hydrogens (tertiary/aromatic N) is 1. The van der Waals surface area contributed by atoms with Gasteiger partial charge in [0.1, 0.15) is 5.75 Å². The molecule has 2 heteroatoms. The van der Waals surface area contributed by atoms with Gasteiger partial charge in [0.15, 0.2) is 0 Å². The first-order valence-corrected chi connectivity index (χ1v) is 6.47. The van der Waals surface area contributed by atoms with E-state index >= 15 is 0 Å². The summed E-state index contributed by atoms with van der Waals surface area (Å²) < 4.78 is 0. The molecule has 2 aromatic rings. The van der Waals surface area contributed by atoms with Crippen molar-refractivity contribution in [3.05, 3.63) is 53.6 Å². The van der Waals surface area contributed by atoms with Gasteiger partial charge in [-0.25, -0.2) is 0 Å². The van der Waals surface area contributed by atoms with Crippen LogP contribution in [0.3, 0.4) is 0 Å². The second kappa shape index (κ2) is 6.06. The van der Waals surface area contributed by atoms with Crippen LogP contribution >= 0.6 is 0 Å². The van der Waals surface area contributed by atoms with Crippen molar-refractivity contribution < 1.29 is 5.11 Å². The summed E-state index contributed by atoms with van der Waals surface area (Å²) in [5, 5.41) is 18.9. The molecule has 0 heterocycles. The van der Waals surface area contributed by atoms with Gasteiger partial charge in [-0.05, 0) is 30.9 Å². The standard InChI is InChI=1S/C17H17NO/c1-13-8-10-14(11-9-13)16-7-4-6-15(17(16)19)5-2-3-12-18/h4,6-11,19H,2-3,5H2,1H3. The average Bonchev–Trinajstić information content (AvgIpc) is 2.42. The fraction of sp³-hybridized carbons (Fsp3) is 0.235. The maximum Gasteiger partial charge on any atom is 0.126 e. The molecule has 96 valence electrons. The molecule has 0 aliphatic rings. The normalized spacial score (nSPS) is 10.1. The van der Waals surface area contributed by atoms with Crippen molar-refractivity contribution in [1.29, 1.82) is 5.26 Å². The molecule has 0 atom stereocenters. The minimum Gasteiger partial charge on any atom is -0.507 e. The van der Waals surface area contributed by atoms with E-state index in [-0.39, 0.29) is 0 Å². The number of aromatic hydroxyl groups is 1. The van der Waals surface area contributed by atoms with E-state index < -0.39 is 0 Å². The number of para-hydroxylation sites is 1. The van der Waals surface area contributed by atoms with Crippen molar-refractivity contribution in [1.82, 2.24) is 0 Å². The molecule has 2 rings (SSSR count). The highest BCUT2D eigenvalue weighted by Gasteiger charge is 2.08. The highest BCUT2D eigenvalue weighted by atomic mass is 16.3. The third-order valence-corrected chi connectivity index (χ3v) is 3.22. The summed E-state index contributed by atoms with van der Waals surface area (Å²) in [6.45, 7) is 2.04. The molecule has 0 saturated heterocycles. The molecule has 0 amide bonds. The van der Waals surface area contributed by atoms with E-state index in [9.17, 15) is 5.11 Å². The Morgan fingerprint density at radius 2 is 1.84 bits per heavy atom. The Morgan fingerprint density at radius 1 is 1.11 bits per heavy atom. The molecule has 0 spiro atoms. The zero-order chi connectivity index (χ0) is 13.7. The molecule has 2 nitrogen and oxygen atoms in total. The second-order valence-corrected chi connectivity index (χ2v) is 4.69. The van der Waals surface area contributed by atoms with E-state index in [0.717, 1.165) is 29.5 Å². The third-order valence-electron chi connectivity index (χ3n) is 3.22. The molecule has 0 saturated carbocycles. The van der Waals surface area contributed by atoms with Crippen LogP contribution in [0.4, 0.5) is 0 Å². The first kappa shape index (κ1) is 13.2. The van der Waals surface area contributed by atoms with Crippen LogP contribution in [0.1, 0.15) is 24.0 Å². The minimum atomic E-state index is 0.337. The number of hydrogen-bond donors (Lipinski definition) is 1. The van der Waals surface area contributed by atoms with Crippen molar-refractivity contribution in [2.24, 2.45) is 0 Å². The van der Waals surface area contributed by atoms with Crippen LogP contribution in [0.25, 0.3) is 11.1 Å². The topological polar surface area (TPSA) is 44.0 Å². The molecule has 0 aliphatic carbocycles. The molecule has 1 N–H and O–H groups in total. The lowest BCUT2D eigenvalue weighted by molar-refractivity contribution is 0.469. The number of unbranched alkanes of at least 4 members (excludes halogenated alkanes) is 1. The van der Waals surface area contributed by atoms with Crippen LogP contribution in [0, 0.1) is 18.3 Å². The highest BCUT2D eigenvalue weighted by Crippen LogP contribution is 2.32. The van der Waals surface area contributed by atoms with Gasteiger partial charge in [-0.1, -0.05) is 48.0 Å². The second-order valence-electron chi connectivity index (χ2n) is 4.69. The Hall–Kier alpha value is -2.27. The third kappa shape index (κ3) is 3.14.